The third-order valence-corrected chi connectivity index (χ3v) is 6.21. The Morgan fingerprint density at radius 2 is 1.94 bits per heavy atom. The molecule has 0 saturated heterocycles. The molecular weight excluding hydrogens is 372 g/mol. The number of rotatable bonds is 2. The fourth-order valence-electron chi connectivity index (χ4n) is 2.64. The summed E-state index contributed by atoms with van der Waals surface area (Å²) in [4.78, 5) is 1.69. The van der Waals surface area contributed by atoms with Crippen LogP contribution in [0.3, 0.4) is 0 Å². The summed E-state index contributed by atoms with van der Waals surface area (Å²) in [5.74, 6) is 0. The second-order valence-electron chi connectivity index (χ2n) is 4.81. The Morgan fingerprint density at radius 1 is 1.17 bits per heavy atom. The number of hydrogen-bond acceptors (Lipinski definition) is 1. The van der Waals surface area contributed by atoms with Gasteiger partial charge in [-0.3, -0.25) is 0 Å². The molecule has 1 unspecified atom stereocenters. The van der Waals surface area contributed by atoms with Gasteiger partial charge in [-0.15, -0.1) is 11.3 Å². The van der Waals surface area contributed by atoms with E-state index < -0.39 is 0 Å². The molecule has 0 amide bonds. The zero-order valence-corrected chi connectivity index (χ0v) is 14.2. The largest absolute Gasteiger partial charge is 0.133 e. The molecule has 0 nitrogen and oxygen atoms in total. The molecule has 0 saturated carbocycles. The Kier molecular flexibility index (Phi) is 3.65. The van der Waals surface area contributed by atoms with E-state index >= 15 is 0 Å². The van der Waals surface area contributed by atoms with Gasteiger partial charge in [0.05, 0.1) is 8.61 Å². The van der Waals surface area contributed by atoms with E-state index in [1.807, 2.05) is 0 Å². The highest BCUT2D eigenvalue weighted by Crippen LogP contribution is 2.39. The molecule has 3 rings (SSSR count). The molecule has 0 fully saturated rings. The molecule has 0 radical (unpaired) electrons. The highest BCUT2D eigenvalue weighted by atomic mass is 79.9. The highest BCUT2D eigenvalue weighted by molar-refractivity contribution is 9.11. The van der Waals surface area contributed by atoms with Crippen LogP contribution in [0.5, 0.6) is 0 Å². The van der Waals surface area contributed by atoms with Crippen molar-refractivity contribution in [1.82, 2.24) is 0 Å². The van der Waals surface area contributed by atoms with E-state index in [1.54, 1.807) is 22.5 Å². The van der Waals surface area contributed by atoms with E-state index in [1.165, 1.54) is 39.1 Å². The molecule has 1 aliphatic carbocycles. The van der Waals surface area contributed by atoms with Crippen molar-refractivity contribution >= 4 is 43.2 Å². The number of hydrogen-bond donors (Lipinski definition) is 0. The predicted octanol–water partition coefficient (Wildman–Crippen LogP) is 5.79. The number of thiophene rings is 1. The SMILES string of the molecule is Cc1sc(Br)cc1C(Br)c1ccc2c(c1)CCC2. The molecule has 2 aromatic rings. The maximum absolute atomic E-state index is 3.85. The minimum atomic E-state index is 0.311. The van der Waals surface area contributed by atoms with Gasteiger partial charge in [0.2, 0.25) is 0 Å². The van der Waals surface area contributed by atoms with Gasteiger partial charge >= 0.3 is 0 Å². The molecule has 3 heteroatoms. The summed E-state index contributed by atoms with van der Waals surface area (Å²) >= 11 is 9.23. The third-order valence-electron chi connectivity index (χ3n) is 3.61. The van der Waals surface area contributed by atoms with Crippen molar-refractivity contribution in [2.45, 2.75) is 31.0 Å². The first-order chi connectivity index (χ1) is 8.65. The standard InChI is InChI=1S/C15H14Br2S/c1-9-13(8-14(16)18-9)15(17)12-6-5-10-3-2-4-11(10)7-12/h5-8,15H,2-4H2,1H3. The van der Waals surface area contributed by atoms with Crippen molar-refractivity contribution in [3.63, 3.8) is 0 Å². The van der Waals surface area contributed by atoms with E-state index in [0.717, 1.165) is 0 Å². The fraction of sp³-hybridized carbons (Fsp3) is 0.333. The van der Waals surface area contributed by atoms with Gasteiger partial charge in [0.1, 0.15) is 0 Å². The summed E-state index contributed by atoms with van der Waals surface area (Å²) in [5, 5.41) is 0. The zero-order valence-electron chi connectivity index (χ0n) is 10.2. The molecule has 1 aromatic carbocycles. The zero-order chi connectivity index (χ0) is 12.7. The Balaban J connectivity index is 1.97. The highest BCUT2D eigenvalue weighted by Gasteiger charge is 2.18. The summed E-state index contributed by atoms with van der Waals surface area (Å²) in [6.07, 6.45) is 3.82. The van der Waals surface area contributed by atoms with Gasteiger partial charge in [0.25, 0.3) is 0 Å². The summed E-state index contributed by atoms with van der Waals surface area (Å²) in [6.45, 7) is 2.19. The van der Waals surface area contributed by atoms with Crippen LogP contribution in [0.25, 0.3) is 0 Å². The molecule has 1 heterocycles. The van der Waals surface area contributed by atoms with Crippen LogP contribution in [0.15, 0.2) is 28.1 Å². The van der Waals surface area contributed by atoms with E-state index in [2.05, 4.69) is 63.0 Å². The smallest absolute Gasteiger partial charge is 0.0704 e. The number of benzene rings is 1. The van der Waals surface area contributed by atoms with Crippen molar-refractivity contribution in [2.75, 3.05) is 0 Å². The maximum Gasteiger partial charge on any atom is 0.0704 e. The van der Waals surface area contributed by atoms with Crippen LogP contribution in [0.1, 0.15) is 38.4 Å². The monoisotopic (exact) mass is 384 g/mol. The van der Waals surface area contributed by atoms with E-state index in [9.17, 15) is 0 Å². The fourth-order valence-corrected chi connectivity index (χ4v) is 5.30. The Morgan fingerprint density at radius 3 is 2.67 bits per heavy atom. The van der Waals surface area contributed by atoms with Crippen LogP contribution in [0, 0.1) is 6.92 Å². The van der Waals surface area contributed by atoms with Gasteiger partial charge in [-0.25, -0.2) is 0 Å². The van der Waals surface area contributed by atoms with Crippen molar-refractivity contribution in [1.29, 1.82) is 0 Å². The molecular formula is C15H14Br2S. The van der Waals surface area contributed by atoms with Crippen LogP contribution in [-0.2, 0) is 12.8 Å². The Bertz CT molecular complexity index is 586. The third kappa shape index (κ3) is 2.33. The summed E-state index contributed by atoms with van der Waals surface area (Å²) < 4.78 is 1.21. The molecule has 0 spiro atoms. The lowest BCUT2D eigenvalue weighted by Crippen LogP contribution is -1.94. The first-order valence-electron chi connectivity index (χ1n) is 6.17. The van der Waals surface area contributed by atoms with Crippen LogP contribution in [-0.4, -0.2) is 0 Å². The number of alkyl halides is 1. The van der Waals surface area contributed by atoms with Crippen LogP contribution < -0.4 is 0 Å². The molecule has 0 N–H and O–H groups in total. The molecule has 18 heavy (non-hydrogen) atoms. The molecule has 0 aliphatic heterocycles. The predicted molar refractivity (Wildman–Crippen MR) is 86.0 cm³/mol. The van der Waals surface area contributed by atoms with E-state index in [0.29, 0.717) is 4.83 Å². The average Bonchev–Trinajstić information content (AvgIpc) is 2.93. The van der Waals surface area contributed by atoms with Gasteiger partial charge < -0.3 is 0 Å². The van der Waals surface area contributed by atoms with Crippen molar-refractivity contribution in [3.05, 3.63) is 55.2 Å². The number of aryl methyl sites for hydroxylation is 3. The Labute approximate surface area is 129 Å². The molecule has 1 aromatic heterocycles. The topological polar surface area (TPSA) is 0 Å². The van der Waals surface area contributed by atoms with Gasteiger partial charge in [0.15, 0.2) is 0 Å². The molecule has 94 valence electrons. The van der Waals surface area contributed by atoms with Gasteiger partial charge in [0, 0.05) is 4.88 Å². The summed E-state index contributed by atoms with van der Waals surface area (Å²) in [5.41, 5.74) is 5.85. The van der Waals surface area contributed by atoms with Crippen LogP contribution >= 0.6 is 43.2 Å². The first-order valence-corrected chi connectivity index (χ1v) is 8.69. The van der Waals surface area contributed by atoms with Crippen LogP contribution in [0.4, 0.5) is 0 Å². The normalized spacial score (nSPS) is 15.7. The molecule has 1 atom stereocenters. The van der Waals surface area contributed by atoms with Crippen molar-refractivity contribution in [3.8, 4) is 0 Å². The minimum absolute atomic E-state index is 0.311. The van der Waals surface area contributed by atoms with Gasteiger partial charge in [-0.1, -0.05) is 34.1 Å². The average molecular weight is 386 g/mol. The summed E-state index contributed by atoms with van der Waals surface area (Å²) in [6, 6.07) is 9.19. The number of fused-ring (bicyclic) bond motifs is 1. The molecule has 0 bridgehead atoms. The number of halogens is 2. The van der Waals surface area contributed by atoms with Crippen molar-refractivity contribution < 1.29 is 0 Å². The minimum Gasteiger partial charge on any atom is -0.133 e. The molecule has 1 aliphatic rings. The van der Waals surface area contributed by atoms with E-state index in [-0.39, 0.29) is 0 Å². The lowest BCUT2D eigenvalue weighted by molar-refractivity contribution is 0.911. The maximum atomic E-state index is 3.85. The van der Waals surface area contributed by atoms with Gasteiger partial charge in [-0.2, -0.15) is 0 Å². The quantitative estimate of drug-likeness (QED) is 0.573. The van der Waals surface area contributed by atoms with Crippen molar-refractivity contribution in [2.24, 2.45) is 0 Å². The second kappa shape index (κ2) is 5.10. The van der Waals surface area contributed by atoms with Crippen LogP contribution in [0.2, 0.25) is 0 Å². The summed E-state index contributed by atoms with van der Waals surface area (Å²) in [7, 11) is 0. The van der Waals surface area contributed by atoms with E-state index in [4.69, 9.17) is 0 Å². The lowest BCUT2D eigenvalue weighted by Gasteiger charge is -2.12. The Hall–Kier alpha value is -0.120. The first kappa shape index (κ1) is 12.9. The second-order valence-corrected chi connectivity index (χ2v) is 8.36. The van der Waals surface area contributed by atoms with Gasteiger partial charge in [-0.05, 0) is 70.4 Å². The lowest BCUT2D eigenvalue weighted by atomic mass is 10.0.